The van der Waals surface area contributed by atoms with E-state index in [0.717, 1.165) is 16.0 Å². The molecular formula is C21H24N2O5. The molecule has 0 bridgehead atoms. The van der Waals surface area contributed by atoms with Gasteiger partial charge in [-0.1, -0.05) is 18.2 Å². The van der Waals surface area contributed by atoms with Crippen molar-refractivity contribution in [3.8, 4) is 0 Å². The summed E-state index contributed by atoms with van der Waals surface area (Å²) in [5.74, 6) is -2.75. The molecule has 0 aromatic heterocycles. The van der Waals surface area contributed by atoms with E-state index in [1.54, 1.807) is 6.07 Å². The van der Waals surface area contributed by atoms with E-state index in [2.05, 4.69) is 5.32 Å². The summed E-state index contributed by atoms with van der Waals surface area (Å²) in [6.07, 6.45) is 4.78. The van der Waals surface area contributed by atoms with Crippen LogP contribution >= 0.6 is 0 Å². The lowest BCUT2D eigenvalue weighted by atomic mass is 9.85. The molecule has 3 amide bonds. The van der Waals surface area contributed by atoms with Crippen LogP contribution in [0.3, 0.4) is 0 Å². The second-order valence-electron chi connectivity index (χ2n) is 7.33. The molecule has 7 nitrogen and oxygen atoms in total. The number of hydrogen-bond donors (Lipinski definition) is 1. The summed E-state index contributed by atoms with van der Waals surface area (Å²) in [4.78, 5) is 50.4. The Morgan fingerprint density at radius 1 is 1.11 bits per heavy atom. The topological polar surface area (TPSA) is 92.8 Å². The van der Waals surface area contributed by atoms with Gasteiger partial charge in [-0.15, -0.1) is 0 Å². The molecule has 0 unspecified atom stereocenters. The van der Waals surface area contributed by atoms with Gasteiger partial charge in [-0.25, -0.2) is 4.79 Å². The van der Waals surface area contributed by atoms with Gasteiger partial charge in [0.05, 0.1) is 11.8 Å². The van der Waals surface area contributed by atoms with Crippen LogP contribution in [-0.4, -0.2) is 41.2 Å². The molecule has 0 saturated carbocycles. The first-order chi connectivity index (χ1) is 13.3. The van der Waals surface area contributed by atoms with Crippen molar-refractivity contribution < 1.29 is 23.9 Å². The molecule has 3 atom stereocenters. The molecule has 1 heterocycles. The summed E-state index contributed by atoms with van der Waals surface area (Å²) in [5.41, 5.74) is 2.75. The fourth-order valence-corrected chi connectivity index (χ4v) is 3.59. The number of amides is 3. The molecule has 0 radical (unpaired) electrons. The van der Waals surface area contributed by atoms with Gasteiger partial charge < -0.3 is 10.1 Å². The number of carbonyl (C=O) groups is 4. The molecule has 28 heavy (non-hydrogen) atoms. The van der Waals surface area contributed by atoms with E-state index < -0.39 is 36.4 Å². The van der Waals surface area contributed by atoms with E-state index in [1.165, 1.54) is 6.92 Å². The van der Waals surface area contributed by atoms with Gasteiger partial charge in [-0.3, -0.25) is 19.3 Å². The normalized spacial score (nSPS) is 22.0. The van der Waals surface area contributed by atoms with Crippen LogP contribution in [0.15, 0.2) is 30.4 Å². The van der Waals surface area contributed by atoms with Crippen LogP contribution < -0.4 is 5.32 Å². The van der Waals surface area contributed by atoms with Crippen LogP contribution in [0, 0.1) is 25.7 Å². The maximum Gasteiger partial charge on any atom is 0.329 e. The van der Waals surface area contributed by atoms with Crippen LogP contribution in [0.4, 0.5) is 5.69 Å². The number of fused-ring (bicyclic) bond motifs is 1. The first kappa shape index (κ1) is 19.8. The van der Waals surface area contributed by atoms with Gasteiger partial charge in [0, 0.05) is 5.69 Å². The third-order valence-corrected chi connectivity index (χ3v) is 5.41. The van der Waals surface area contributed by atoms with Crippen molar-refractivity contribution in [3.05, 3.63) is 41.5 Å². The van der Waals surface area contributed by atoms with E-state index >= 15 is 0 Å². The number of nitrogens with zero attached hydrogens (tertiary/aromatic N) is 1. The smallest absolute Gasteiger partial charge is 0.329 e. The molecule has 1 aromatic carbocycles. The minimum atomic E-state index is -1.06. The van der Waals surface area contributed by atoms with E-state index in [0.29, 0.717) is 18.5 Å². The number of nitrogens with one attached hydrogen (secondary N) is 1. The Bertz CT molecular complexity index is 834. The molecule has 148 valence electrons. The number of aryl methyl sites for hydroxylation is 2. The monoisotopic (exact) mass is 384 g/mol. The fraction of sp³-hybridized carbons (Fsp3) is 0.429. The molecule has 7 heteroatoms. The molecule has 1 saturated heterocycles. The molecule has 1 aliphatic heterocycles. The first-order valence-electron chi connectivity index (χ1n) is 9.35. The summed E-state index contributed by atoms with van der Waals surface area (Å²) < 4.78 is 5.04. The van der Waals surface area contributed by atoms with Gasteiger partial charge in [-0.05, 0) is 56.9 Å². The number of carbonyl (C=O) groups excluding carboxylic acids is 4. The highest BCUT2D eigenvalue weighted by Crippen LogP contribution is 2.36. The predicted molar refractivity (Wildman–Crippen MR) is 102 cm³/mol. The van der Waals surface area contributed by atoms with E-state index in [-0.39, 0.29) is 11.8 Å². The van der Waals surface area contributed by atoms with Crippen LogP contribution in [0.1, 0.15) is 30.9 Å². The van der Waals surface area contributed by atoms with Gasteiger partial charge in [0.15, 0.2) is 6.61 Å². The molecule has 1 fully saturated rings. The number of esters is 1. The highest BCUT2D eigenvalue weighted by Gasteiger charge is 2.50. The number of likely N-dealkylation sites (tertiary alicyclic amines) is 1. The average molecular weight is 384 g/mol. The van der Waals surface area contributed by atoms with Crippen molar-refractivity contribution in [1.29, 1.82) is 0 Å². The summed E-state index contributed by atoms with van der Waals surface area (Å²) in [6.45, 7) is 4.87. The van der Waals surface area contributed by atoms with Crippen molar-refractivity contribution in [2.75, 3.05) is 11.9 Å². The molecule has 1 N–H and O–H groups in total. The third-order valence-electron chi connectivity index (χ3n) is 5.41. The number of ether oxygens (including phenoxy) is 1. The Morgan fingerprint density at radius 3 is 2.29 bits per heavy atom. The van der Waals surface area contributed by atoms with E-state index in [9.17, 15) is 19.2 Å². The van der Waals surface area contributed by atoms with Gasteiger partial charge in [0.1, 0.15) is 6.04 Å². The number of anilines is 1. The highest BCUT2D eigenvalue weighted by atomic mass is 16.5. The summed E-state index contributed by atoms with van der Waals surface area (Å²) in [7, 11) is 0. The van der Waals surface area contributed by atoms with Crippen molar-refractivity contribution >= 4 is 29.4 Å². The Kier molecular flexibility index (Phi) is 5.63. The van der Waals surface area contributed by atoms with Gasteiger partial charge in [0.25, 0.3) is 5.91 Å². The molecular weight excluding hydrogens is 360 g/mol. The molecule has 3 rings (SSSR count). The third kappa shape index (κ3) is 3.83. The van der Waals surface area contributed by atoms with E-state index in [4.69, 9.17) is 4.74 Å². The zero-order valence-corrected chi connectivity index (χ0v) is 16.2. The Balaban J connectivity index is 1.55. The van der Waals surface area contributed by atoms with Crippen molar-refractivity contribution in [1.82, 2.24) is 4.90 Å². The van der Waals surface area contributed by atoms with Crippen LogP contribution in [0.25, 0.3) is 0 Å². The number of rotatable bonds is 5. The lowest BCUT2D eigenvalue weighted by Gasteiger charge is -2.21. The second kappa shape index (κ2) is 7.96. The zero-order chi connectivity index (χ0) is 20.4. The lowest BCUT2D eigenvalue weighted by Crippen LogP contribution is -2.45. The van der Waals surface area contributed by atoms with Crippen molar-refractivity contribution in [2.45, 2.75) is 39.7 Å². The maximum absolute atomic E-state index is 12.5. The fourth-order valence-electron chi connectivity index (χ4n) is 3.59. The Labute approximate surface area is 163 Å². The standard InChI is InChI=1S/C21H24N2O5/c1-12-8-9-15(10-13(12)2)22-18(24)11-28-21(27)14(3)23-19(25)16-6-4-5-7-17(16)20(23)26/h4-5,8-10,14,16-17H,6-7,11H2,1-3H3,(H,22,24)/t14-,16-,17-/m0/s1. The number of imide groups is 1. The minimum absolute atomic E-state index is 0.344. The Morgan fingerprint density at radius 2 is 1.71 bits per heavy atom. The summed E-state index contributed by atoms with van der Waals surface area (Å²) >= 11 is 0. The van der Waals surface area contributed by atoms with Crippen LogP contribution in [0.2, 0.25) is 0 Å². The second-order valence-corrected chi connectivity index (χ2v) is 7.33. The largest absolute Gasteiger partial charge is 0.454 e. The molecule has 0 spiro atoms. The van der Waals surface area contributed by atoms with Gasteiger partial charge >= 0.3 is 5.97 Å². The number of allylic oxidation sites excluding steroid dienone is 2. The summed E-state index contributed by atoms with van der Waals surface area (Å²) in [6, 6.07) is 4.43. The SMILES string of the molecule is Cc1ccc(NC(=O)COC(=O)[C@H](C)N2C(=O)[C@H]3CC=CC[C@@H]3C2=O)cc1C. The van der Waals surface area contributed by atoms with Crippen molar-refractivity contribution in [3.63, 3.8) is 0 Å². The van der Waals surface area contributed by atoms with Gasteiger partial charge in [-0.2, -0.15) is 0 Å². The molecule has 2 aliphatic rings. The van der Waals surface area contributed by atoms with Crippen molar-refractivity contribution in [2.24, 2.45) is 11.8 Å². The first-order valence-corrected chi connectivity index (χ1v) is 9.35. The van der Waals surface area contributed by atoms with E-state index in [1.807, 2.05) is 38.1 Å². The van der Waals surface area contributed by atoms with Crippen LogP contribution in [-0.2, 0) is 23.9 Å². The van der Waals surface area contributed by atoms with Gasteiger partial charge in [0.2, 0.25) is 11.8 Å². The highest BCUT2D eigenvalue weighted by molar-refractivity contribution is 6.08. The number of benzene rings is 1. The van der Waals surface area contributed by atoms with Crippen LogP contribution in [0.5, 0.6) is 0 Å². The molecule has 1 aromatic rings. The average Bonchev–Trinajstić information content (AvgIpc) is 2.93. The zero-order valence-electron chi connectivity index (χ0n) is 16.2. The quantitative estimate of drug-likeness (QED) is 0.477. The number of hydrogen-bond acceptors (Lipinski definition) is 5. The maximum atomic E-state index is 12.5. The summed E-state index contributed by atoms with van der Waals surface area (Å²) in [5, 5.41) is 2.66. The molecule has 1 aliphatic carbocycles. The lowest BCUT2D eigenvalue weighted by molar-refractivity contribution is -0.159. The predicted octanol–water partition coefficient (Wildman–Crippen LogP) is 2.12. The Hall–Kier alpha value is -2.96. The minimum Gasteiger partial charge on any atom is -0.454 e.